The van der Waals surface area contributed by atoms with E-state index in [0.717, 1.165) is 38.5 Å². The molecule has 1 aliphatic rings. The van der Waals surface area contributed by atoms with E-state index in [1.54, 1.807) is 12.0 Å². The fourth-order valence-corrected chi connectivity index (χ4v) is 5.38. The molecule has 1 aliphatic heterocycles. The summed E-state index contributed by atoms with van der Waals surface area (Å²) in [5.41, 5.74) is 3.81. The van der Waals surface area contributed by atoms with Crippen LogP contribution in [0.1, 0.15) is 11.1 Å². The van der Waals surface area contributed by atoms with Gasteiger partial charge in [0.1, 0.15) is 5.75 Å². The Balaban J connectivity index is 1.51. The molecule has 0 aliphatic carbocycles. The van der Waals surface area contributed by atoms with Crippen molar-refractivity contribution in [2.24, 2.45) is 0 Å². The Morgan fingerprint density at radius 2 is 1.76 bits per heavy atom. The van der Waals surface area contributed by atoms with Gasteiger partial charge in [-0.25, -0.2) is 0 Å². The molecule has 0 saturated carbocycles. The van der Waals surface area contributed by atoms with E-state index in [9.17, 15) is 4.79 Å². The van der Waals surface area contributed by atoms with Crippen molar-refractivity contribution < 1.29 is 9.53 Å². The van der Waals surface area contributed by atoms with Gasteiger partial charge in [0, 0.05) is 34.2 Å². The van der Waals surface area contributed by atoms with Crippen LogP contribution in [0.4, 0.5) is 5.69 Å². The number of amides is 1. The number of rotatable bonds is 5. The van der Waals surface area contributed by atoms with Gasteiger partial charge in [-0.2, -0.15) is 0 Å². The molecule has 1 saturated heterocycles. The number of nitrogens with zero attached hydrogens (tertiary/aromatic N) is 2. The van der Waals surface area contributed by atoms with Crippen molar-refractivity contribution in [3.8, 4) is 5.75 Å². The van der Waals surface area contributed by atoms with E-state index in [1.807, 2.05) is 66.7 Å². The summed E-state index contributed by atoms with van der Waals surface area (Å²) in [4.78, 5) is 15.4. The molecule has 2 heterocycles. The number of anilines is 1. The van der Waals surface area contributed by atoms with E-state index >= 15 is 0 Å². The zero-order valence-corrected chi connectivity index (χ0v) is 20.1. The molecule has 33 heavy (non-hydrogen) atoms. The average molecular weight is 491 g/mol. The van der Waals surface area contributed by atoms with Gasteiger partial charge < -0.3 is 9.30 Å². The highest BCUT2D eigenvalue weighted by Gasteiger charge is 2.33. The van der Waals surface area contributed by atoms with Crippen LogP contribution in [-0.4, -0.2) is 21.9 Å². The van der Waals surface area contributed by atoms with Crippen LogP contribution in [0.5, 0.6) is 5.75 Å². The number of benzene rings is 3. The smallest absolute Gasteiger partial charge is 0.270 e. The van der Waals surface area contributed by atoms with E-state index < -0.39 is 0 Å². The molecule has 3 aromatic carbocycles. The number of carbonyl (C=O) groups excluding carboxylic acids is 1. The normalized spacial score (nSPS) is 15.1. The van der Waals surface area contributed by atoms with Gasteiger partial charge in [-0.05, 0) is 48.0 Å². The van der Waals surface area contributed by atoms with Gasteiger partial charge in [0.15, 0.2) is 4.32 Å². The molecule has 0 unspecified atom stereocenters. The standard InChI is InChI=1S/C26H19ClN2O2S2/c1-31-20-12-10-19(11-13-20)29-25(30)24(33-26(29)32)14-18-16-28(23-9-5-3-7-21(18)23)15-17-6-2-4-8-22(17)27/h2-14,16H,15H2,1H3/b24-14-. The maximum Gasteiger partial charge on any atom is 0.270 e. The molecule has 7 heteroatoms. The molecule has 0 spiro atoms. The quantitative estimate of drug-likeness (QED) is 0.229. The van der Waals surface area contributed by atoms with Gasteiger partial charge in [0.25, 0.3) is 5.91 Å². The number of hydrogen-bond acceptors (Lipinski definition) is 4. The first-order valence-electron chi connectivity index (χ1n) is 10.3. The SMILES string of the molecule is COc1ccc(N2C(=O)/C(=C/c3cn(Cc4ccccc4Cl)c4ccccc34)SC2=S)cc1. The summed E-state index contributed by atoms with van der Waals surface area (Å²) >= 11 is 13.2. The number of thiocarbonyl (C=S) groups is 1. The summed E-state index contributed by atoms with van der Waals surface area (Å²) < 4.78 is 7.89. The lowest BCUT2D eigenvalue weighted by Crippen LogP contribution is -2.27. The zero-order valence-electron chi connectivity index (χ0n) is 17.7. The Labute approximate surface area is 206 Å². The largest absolute Gasteiger partial charge is 0.497 e. The summed E-state index contributed by atoms with van der Waals surface area (Å²) in [5, 5.41) is 1.80. The maximum atomic E-state index is 13.2. The van der Waals surface area contributed by atoms with E-state index in [4.69, 9.17) is 28.6 Å². The zero-order chi connectivity index (χ0) is 22.9. The lowest BCUT2D eigenvalue weighted by atomic mass is 10.1. The lowest BCUT2D eigenvalue weighted by molar-refractivity contribution is -0.113. The third-order valence-corrected chi connectivity index (χ3v) is 7.20. The summed E-state index contributed by atoms with van der Waals surface area (Å²) in [5.74, 6) is 0.601. The van der Waals surface area contributed by atoms with Crippen molar-refractivity contribution >= 4 is 68.5 Å². The highest BCUT2D eigenvalue weighted by molar-refractivity contribution is 8.27. The Kier molecular flexibility index (Phi) is 5.98. The van der Waals surface area contributed by atoms with Crippen LogP contribution in [0.15, 0.2) is 83.9 Å². The summed E-state index contributed by atoms with van der Waals surface area (Å²) in [6.07, 6.45) is 3.99. The highest BCUT2D eigenvalue weighted by Crippen LogP contribution is 2.37. The van der Waals surface area contributed by atoms with Crippen LogP contribution in [0, 0.1) is 0 Å². The van der Waals surface area contributed by atoms with Crippen LogP contribution >= 0.6 is 35.6 Å². The predicted octanol–water partition coefficient (Wildman–Crippen LogP) is 6.76. The second-order valence-corrected chi connectivity index (χ2v) is 9.62. The van der Waals surface area contributed by atoms with Crippen LogP contribution in [-0.2, 0) is 11.3 Å². The van der Waals surface area contributed by atoms with Crippen molar-refractivity contribution in [3.05, 3.63) is 100 Å². The average Bonchev–Trinajstić information content (AvgIpc) is 3.32. The fraction of sp³-hybridized carbons (Fsp3) is 0.0769. The molecule has 0 radical (unpaired) electrons. The van der Waals surface area contributed by atoms with Gasteiger partial charge >= 0.3 is 0 Å². The van der Waals surface area contributed by atoms with Crippen molar-refractivity contribution in [2.45, 2.75) is 6.54 Å². The Hall–Kier alpha value is -3.06. The van der Waals surface area contributed by atoms with Crippen LogP contribution in [0.3, 0.4) is 0 Å². The van der Waals surface area contributed by atoms with E-state index in [0.29, 0.717) is 15.8 Å². The van der Waals surface area contributed by atoms with Gasteiger partial charge in [-0.1, -0.05) is 72.0 Å². The van der Waals surface area contributed by atoms with Crippen molar-refractivity contribution in [1.82, 2.24) is 4.57 Å². The number of ether oxygens (including phenoxy) is 1. The van der Waals surface area contributed by atoms with Crippen molar-refractivity contribution in [2.75, 3.05) is 12.0 Å². The lowest BCUT2D eigenvalue weighted by Gasteiger charge is -2.14. The molecular weight excluding hydrogens is 472 g/mol. The topological polar surface area (TPSA) is 34.5 Å². The minimum Gasteiger partial charge on any atom is -0.497 e. The first-order chi connectivity index (χ1) is 16.0. The van der Waals surface area contributed by atoms with Gasteiger partial charge in [-0.3, -0.25) is 9.69 Å². The Morgan fingerprint density at radius 1 is 1.03 bits per heavy atom. The Morgan fingerprint density at radius 3 is 2.52 bits per heavy atom. The van der Waals surface area contributed by atoms with Gasteiger partial charge in [-0.15, -0.1) is 0 Å². The number of para-hydroxylation sites is 1. The molecule has 0 N–H and O–H groups in total. The van der Waals surface area contributed by atoms with Crippen molar-refractivity contribution in [1.29, 1.82) is 0 Å². The first-order valence-corrected chi connectivity index (χ1v) is 11.9. The van der Waals surface area contributed by atoms with Crippen molar-refractivity contribution in [3.63, 3.8) is 0 Å². The number of halogens is 1. The molecule has 164 valence electrons. The highest BCUT2D eigenvalue weighted by atomic mass is 35.5. The monoisotopic (exact) mass is 490 g/mol. The number of carbonyl (C=O) groups is 1. The summed E-state index contributed by atoms with van der Waals surface area (Å²) in [6.45, 7) is 0.640. The number of fused-ring (bicyclic) bond motifs is 1. The number of hydrogen-bond donors (Lipinski definition) is 0. The third kappa shape index (κ3) is 4.17. The van der Waals surface area contributed by atoms with E-state index in [2.05, 4.69) is 22.9 Å². The molecule has 4 aromatic rings. The van der Waals surface area contributed by atoms with Gasteiger partial charge in [0.05, 0.1) is 17.7 Å². The van der Waals surface area contributed by atoms with Gasteiger partial charge in [0.2, 0.25) is 0 Å². The first kappa shape index (κ1) is 21.8. The second kappa shape index (κ2) is 9.06. The van der Waals surface area contributed by atoms with E-state index in [-0.39, 0.29) is 5.91 Å². The molecule has 0 bridgehead atoms. The molecule has 1 aromatic heterocycles. The number of aromatic nitrogens is 1. The van der Waals surface area contributed by atoms with E-state index in [1.165, 1.54) is 11.8 Å². The van der Waals surface area contributed by atoms with Crippen LogP contribution < -0.4 is 9.64 Å². The summed E-state index contributed by atoms with van der Waals surface area (Å²) in [6, 6.07) is 23.3. The third-order valence-electron chi connectivity index (χ3n) is 5.53. The molecule has 4 nitrogen and oxygen atoms in total. The number of methoxy groups -OCH3 is 1. The molecule has 0 atom stereocenters. The second-order valence-electron chi connectivity index (χ2n) is 7.54. The maximum absolute atomic E-state index is 13.2. The summed E-state index contributed by atoms with van der Waals surface area (Å²) in [7, 11) is 1.61. The molecule has 1 amide bonds. The Bertz CT molecular complexity index is 1410. The molecular formula is C26H19ClN2O2S2. The van der Waals surface area contributed by atoms with Crippen LogP contribution in [0.25, 0.3) is 17.0 Å². The molecule has 1 fully saturated rings. The fourth-order valence-electron chi connectivity index (χ4n) is 3.89. The molecule has 5 rings (SSSR count). The predicted molar refractivity (Wildman–Crippen MR) is 141 cm³/mol. The minimum atomic E-state index is -0.127. The number of thioether (sulfide) groups is 1. The minimum absolute atomic E-state index is 0.127. The van der Waals surface area contributed by atoms with Crippen LogP contribution in [0.2, 0.25) is 5.02 Å².